The third-order valence-corrected chi connectivity index (χ3v) is 7.38. The molecule has 0 spiro atoms. The summed E-state index contributed by atoms with van der Waals surface area (Å²) in [5, 5.41) is 3.33. The Morgan fingerprint density at radius 2 is 2.00 bits per heavy atom. The average molecular weight is 464 g/mol. The fourth-order valence-electron chi connectivity index (χ4n) is 4.53. The van der Waals surface area contributed by atoms with Crippen LogP contribution in [0.4, 0.5) is 16.0 Å². The lowest BCUT2D eigenvalue weighted by atomic mass is 10.1. The van der Waals surface area contributed by atoms with E-state index >= 15 is 4.39 Å². The molecule has 0 radical (unpaired) electrons. The topological polar surface area (TPSA) is 62.6 Å². The van der Waals surface area contributed by atoms with Crippen LogP contribution in [0.1, 0.15) is 30.9 Å². The number of rotatable bonds is 5. The summed E-state index contributed by atoms with van der Waals surface area (Å²) in [6, 6.07) is 5.66. The molecule has 0 amide bonds. The fourth-order valence-corrected chi connectivity index (χ4v) is 5.43. The Bertz CT molecular complexity index is 1200. The summed E-state index contributed by atoms with van der Waals surface area (Å²) in [7, 11) is 0. The van der Waals surface area contributed by atoms with Gasteiger partial charge in [0, 0.05) is 36.2 Å². The second-order valence-electron chi connectivity index (χ2n) is 9.03. The number of halogens is 1. The maximum absolute atomic E-state index is 15.2. The van der Waals surface area contributed by atoms with Gasteiger partial charge in [0.1, 0.15) is 17.5 Å². The van der Waals surface area contributed by atoms with Crippen LogP contribution in [-0.2, 0) is 6.42 Å². The summed E-state index contributed by atoms with van der Waals surface area (Å²) in [6.45, 7) is 4.58. The predicted octanol–water partition coefficient (Wildman–Crippen LogP) is 5.08. The highest BCUT2D eigenvalue weighted by Crippen LogP contribution is 2.38. The van der Waals surface area contributed by atoms with Crippen LogP contribution in [-0.4, -0.2) is 46.9 Å². The number of aromatic nitrogens is 2. The van der Waals surface area contributed by atoms with Crippen molar-refractivity contribution in [1.82, 2.24) is 9.97 Å². The summed E-state index contributed by atoms with van der Waals surface area (Å²) >= 11 is 1.94. The highest BCUT2D eigenvalue weighted by atomic mass is 32.2. The number of hydrogen-bond donors (Lipinski definition) is 1. The number of amidine groups is 1. The number of benzene rings is 1. The van der Waals surface area contributed by atoms with Crippen LogP contribution in [0.3, 0.4) is 0 Å². The van der Waals surface area contributed by atoms with E-state index in [9.17, 15) is 0 Å². The van der Waals surface area contributed by atoms with Crippen molar-refractivity contribution in [3.63, 3.8) is 0 Å². The van der Waals surface area contributed by atoms with E-state index in [4.69, 9.17) is 4.74 Å². The molecule has 1 aromatic heterocycles. The fraction of sp³-hybridized carbons (Fsp3) is 0.400. The monoisotopic (exact) mass is 463 g/mol. The van der Waals surface area contributed by atoms with Crippen molar-refractivity contribution < 1.29 is 9.13 Å². The zero-order valence-corrected chi connectivity index (χ0v) is 19.4. The number of anilines is 2. The first kappa shape index (κ1) is 20.7. The zero-order chi connectivity index (χ0) is 22.4. The minimum absolute atomic E-state index is 0.135. The molecular weight excluding hydrogens is 437 g/mol. The minimum atomic E-state index is -0.362. The van der Waals surface area contributed by atoms with Gasteiger partial charge in [0.2, 0.25) is 0 Å². The van der Waals surface area contributed by atoms with Crippen molar-refractivity contribution in [2.24, 2.45) is 10.9 Å². The van der Waals surface area contributed by atoms with E-state index < -0.39 is 0 Å². The van der Waals surface area contributed by atoms with E-state index in [-0.39, 0.29) is 17.6 Å². The molecule has 6 nitrogen and oxygen atoms in total. The van der Waals surface area contributed by atoms with E-state index in [2.05, 4.69) is 31.3 Å². The van der Waals surface area contributed by atoms with Gasteiger partial charge in [-0.1, -0.05) is 17.7 Å². The Labute approximate surface area is 197 Å². The van der Waals surface area contributed by atoms with Crippen molar-refractivity contribution in [2.45, 2.75) is 26.2 Å². The summed E-state index contributed by atoms with van der Waals surface area (Å²) in [4.78, 5) is 16.0. The van der Waals surface area contributed by atoms with E-state index in [1.807, 2.05) is 36.9 Å². The third kappa shape index (κ3) is 4.36. The number of fused-ring (bicyclic) bond motifs is 1. The molecule has 1 saturated heterocycles. The van der Waals surface area contributed by atoms with E-state index in [0.29, 0.717) is 17.3 Å². The molecule has 2 aliphatic carbocycles. The largest absolute Gasteiger partial charge is 0.421 e. The molecule has 170 valence electrons. The van der Waals surface area contributed by atoms with Gasteiger partial charge in [-0.15, -0.1) is 0 Å². The standard InChI is InChI=1S/C25H26FN5OS/c1-15-10-17-4-5-20(24(26)19(17)11-15)32-25-29-22(13-23(30-25)31-6-8-33-9-7-31)28-21-12-18(14-27-21)16-2-3-16/h4-5,11-13,16H,2-3,6-10,14H2,1H3,(H,27,28,29,30). The Hall–Kier alpha value is -2.87. The predicted molar refractivity (Wildman–Crippen MR) is 132 cm³/mol. The average Bonchev–Trinajstić information content (AvgIpc) is 3.45. The second kappa shape index (κ2) is 8.48. The molecular formula is C25H26FN5OS. The first-order valence-electron chi connectivity index (χ1n) is 11.5. The molecule has 2 fully saturated rings. The van der Waals surface area contributed by atoms with E-state index in [1.54, 1.807) is 6.07 Å². The number of nitrogens with one attached hydrogen (secondary N) is 1. The number of hydrogen-bond acceptors (Lipinski definition) is 7. The molecule has 0 atom stereocenters. The first-order chi connectivity index (χ1) is 16.1. The Morgan fingerprint density at radius 3 is 2.82 bits per heavy atom. The molecule has 2 aliphatic heterocycles. The summed E-state index contributed by atoms with van der Waals surface area (Å²) < 4.78 is 21.1. The van der Waals surface area contributed by atoms with Crippen LogP contribution in [0.25, 0.3) is 6.08 Å². The second-order valence-corrected chi connectivity index (χ2v) is 10.3. The van der Waals surface area contributed by atoms with Crippen molar-refractivity contribution in [3.05, 3.63) is 52.4 Å². The van der Waals surface area contributed by atoms with Crippen molar-refractivity contribution >= 4 is 35.3 Å². The normalized spacial score (nSPS) is 19.7. The van der Waals surface area contributed by atoms with Crippen LogP contribution in [0.5, 0.6) is 11.8 Å². The number of thioether (sulfide) groups is 1. The quantitative estimate of drug-likeness (QED) is 0.667. The van der Waals surface area contributed by atoms with Gasteiger partial charge >= 0.3 is 6.01 Å². The summed E-state index contributed by atoms with van der Waals surface area (Å²) in [5.74, 6) is 4.78. The highest BCUT2D eigenvalue weighted by Gasteiger charge is 2.28. The zero-order valence-electron chi connectivity index (χ0n) is 18.6. The summed E-state index contributed by atoms with van der Waals surface area (Å²) in [5.41, 5.74) is 4.12. The van der Waals surface area contributed by atoms with Crippen LogP contribution >= 0.6 is 11.8 Å². The Morgan fingerprint density at radius 1 is 1.15 bits per heavy atom. The minimum Gasteiger partial charge on any atom is -0.421 e. The van der Waals surface area contributed by atoms with E-state index in [1.165, 1.54) is 18.4 Å². The maximum Gasteiger partial charge on any atom is 0.326 e. The molecule has 0 unspecified atom stereocenters. The molecule has 33 heavy (non-hydrogen) atoms. The van der Waals surface area contributed by atoms with Crippen molar-refractivity contribution in [3.8, 4) is 11.8 Å². The van der Waals surface area contributed by atoms with Gasteiger partial charge in [-0.05, 0) is 55.4 Å². The van der Waals surface area contributed by atoms with Gasteiger partial charge in [-0.25, -0.2) is 4.39 Å². The lowest BCUT2D eigenvalue weighted by Gasteiger charge is -2.27. The molecule has 6 rings (SSSR count). The first-order valence-corrected chi connectivity index (χ1v) is 12.7. The Balaban J connectivity index is 1.30. The van der Waals surface area contributed by atoms with Gasteiger partial charge < -0.3 is 15.0 Å². The van der Waals surface area contributed by atoms with Crippen LogP contribution in [0, 0.1) is 11.7 Å². The molecule has 1 saturated carbocycles. The van der Waals surface area contributed by atoms with Gasteiger partial charge in [-0.3, -0.25) is 4.99 Å². The smallest absolute Gasteiger partial charge is 0.326 e. The number of ether oxygens (including phenoxy) is 1. The summed E-state index contributed by atoms with van der Waals surface area (Å²) in [6.07, 6.45) is 7.32. The van der Waals surface area contributed by atoms with Gasteiger partial charge in [-0.2, -0.15) is 21.7 Å². The third-order valence-electron chi connectivity index (χ3n) is 6.44. The molecule has 0 bridgehead atoms. The van der Waals surface area contributed by atoms with Crippen molar-refractivity contribution in [1.29, 1.82) is 0 Å². The number of aliphatic imine (C=N–C) groups is 1. The molecule has 4 aliphatic rings. The van der Waals surface area contributed by atoms with Gasteiger partial charge in [0.25, 0.3) is 0 Å². The number of nitrogens with zero attached hydrogens (tertiary/aromatic N) is 4. The highest BCUT2D eigenvalue weighted by molar-refractivity contribution is 7.99. The lowest BCUT2D eigenvalue weighted by Crippen LogP contribution is -2.33. The lowest BCUT2D eigenvalue weighted by molar-refractivity contribution is 0.411. The Kier molecular flexibility index (Phi) is 5.32. The van der Waals surface area contributed by atoms with E-state index in [0.717, 1.165) is 60.4 Å². The van der Waals surface area contributed by atoms with Gasteiger partial charge in [0.15, 0.2) is 11.6 Å². The molecule has 3 heterocycles. The number of allylic oxidation sites excluding steroid dienone is 1. The molecule has 8 heteroatoms. The van der Waals surface area contributed by atoms with Crippen LogP contribution in [0.2, 0.25) is 0 Å². The van der Waals surface area contributed by atoms with Gasteiger partial charge in [0.05, 0.1) is 6.54 Å². The maximum atomic E-state index is 15.2. The SMILES string of the molecule is CC1=Cc2c(ccc(Oc3nc(NC4=NCC(C5CC5)=C4)cc(N4CCSCC4)n3)c2F)C1. The molecule has 1 N–H and O–H groups in total. The molecule has 2 aromatic rings. The van der Waals surface area contributed by atoms with Crippen LogP contribution < -0.4 is 15.0 Å². The van der Waals surface area contributed by atoms with Crippen molar-refractivity contribution in [2.75, 3.05) is 41.4 Å². The van der Waals surface area contributed by atoms with Crippen LogP contribution in [0.15, 0.2) is 40.4 Å². The molecule has 1 aromatic carbocycles.